The first-order chi connectivity index (χ1) is 15.3. The molecule has 4 rings (SSSR count). The average molecular weight is 449 g/mol. The van der Waals surface area contributed by atoms with Crippen LogP contribution in [0, 0.1) is 0 Å². The Morgan fingerprint density at radius 2 is 1.75 bits per heavy atom. The van der Waals surface area contributed by atoms with Gasteiger partial charge >= 0.3 is 0 Å². The molecule has 1 aliphatic heterocycles. The van der Waals surface area contributed by atoms with Crippen molar-refractivity contribution >= 4 is 34.8 Å². The fraction of sp³-hybridized carbons (Fsp3) is 0.231. The lowest BCUT2D eigenvalue weighted by Gasteiger charge is -2.30. The molecular weight excluding hydrogens is 424 g/mol. The lowest BCUT2D eigenvalue weighted by molar-refractivity contribution is -0.128. The Morgan fingerprint density at radius 3 is 2.47 bits per heavy atom. The maximum atomic E-state index is 12.9. The second kappa shape index (κ2) is 9.05. The minimum absolute atomic E-state index is 0.107. The molecule has 0 atom stereocenters. The van der Waals surface area contributed by atoms with Gasteiger partial charge in [0.1, 0.15) is 5.75 Å². The van der Waals surface area contributed by atoms with Gasteiger partial charge in [-0.1, -0.05) is 41.9 Å². The summed E-state index contributed by atoms with van der Waals surface area (Å²) in [5.74, 6) is 0.408. The molecule has 0 aliphatic carbocycles. The molecular formula is C26H25ClN2O3. The normalized spacial score (nSPS) is 13.5. The fourth-order valence-corrected chi connectivity index (χ4v) is 3.83. The first-order valence-electron chi connectivity index (χ1n) is 10.5. The molecule has 3 aromatic carbocycles. The van der Waals surface area contributed by atoms with Crippen LogP contribution >= 0.6 is 11.6 Å². The van der Waals surface area contributed by atoms with Gasteiger partial charge in [-0.15, -0.1) is 0 Å². The molecule has 0 bridgehead atoms. The molecule has 3 aromatic rings. The summed E-state index contributed by atoms with van der Waals surface area (Å²) < 4.78 is 5.88. The van der Waals surface area contributed by atoms with E-state index in [0.717, 1.165) is 16.8 Å². The van der Waals surface area contributed by atoms with E-state index < -0.39 is 5.60 Å². The summed E-state index contributed by atoms with van der Waals surface area (Å²) in [6.07, 6.45) is 1.09. The maximum absolute atomic E-state index is 12.9. The van der Waals surface area contributed by atoms with Gasteiger partial charge in [-0.2, -0.15) is 0 Å². The SMILES string of the molecule is CC(C)(Oc1ccc(Cl)cc1)C(=O)Nc1ccc2c(c1)CCC(=O)N2Cc1ccccc1. The number of fused-ring (bicyclic) bond motifs is 1. The molecule has 0 saturated heterocycles. The van der Waals surface area contributed by atoms with Gasteiger partial charge in [-0.05, 0) is 73.9 Å². The Kier molecular flexibility index (Phi) is 6.19. The number of nitrogens with one attached hydrogen (secondary N) is 1. The zero-order valence-electron chi connectivity index (χ0n) is 18.1. The maximum Gasteiger partial charge on any atom is 0.267 e. The predicted octanol–water partition coefficient (Wildman–Crippen LogP) is 5.62. The number of hydrogen-bond acceptors (Lipinski definition) is 3. The number of aryl methyl sites for hydroxylation is 1. The molecule has 0 radical (unpaired) electrons. The molecule has 5 nitrogen and oxygen atoms in total. The zero-order valence-corrected chi connectivity index (χ0v) is 18.9. The Labute approximate surface area is 193 Å². The molecule has 0 fully saturated rings. The zero-order chi connectivity index (χ0) is 22.7. The molecule has 0 spiro atoms. The lowest BCUT2D eigenvalue weighted by atomic mass is 9.99. The van der Waals surface area contributed by atoms with E-state index in [1.807, 2.05) is 53.4 Å². The van der Waals surface area contributed by atoms with Gasteiger partial charge in [0.2, 0.25) is 5.91 Å². The summed E-state index contributed by atoms with van der Waals surface area (Å²) in [6, 6.07) is 22.5. The Morgan fingerprint density at radius 1 is 1.03 bits per heavy atom. The van der Waals surface area contributed by atoms with E-state index in [-0.39, 0.29) is 11.8 Å². The number of anilines is 2. The van der Waals surface area contributed by atoms with E-state index in [4.69, 9.17) is 16.3 Å². The summed E-state index contributed by atoms with van der Waals surface area (Å²) in [4.78, 5) is 27.3. The summed E-state index contributed by atoms with van der Waals surface area (Å²) in [5.41, 5.74) is 2.59. The van der Waals surface area contributed by atoms with Crippen molar-refractivity contribution in [1.82, 2.24) is 0 Å². The highest BCUT2D eigenvalue weighted by Gasteiger charge is 2.31. The average Bonchev–Trinajstić information content (AvgIpc) is 2.78. The van der Waals surface area contributed by atoms with Crippen molar-refractivity contribution in [3.05, 3.63) is 88.9 Å². The molecule has 164 valence electrons. The molecule has 6 heteroatoms. The Balaban J connectivity index is 1.49. The minimum atomic E-state index is -1.08. The third kappa shape index (κ3) is 4.94. The van der Waals surface area contributed by atoms with Gasteiger partial charge < -0.3 is 15.0 Å². The van der Waals surface area contributed by atoms with Gasteiger partial charge in [0.15, 0.2) is 5.60 Å². The largest absolute Gasteiger partial charge is 0.478 e. The number of amides is 2. The minimum Gasteiger partial charge on any atom is -0.478 e. The monoisotopic (exact) mass is 448 g/mol. The van der Waals surface area contributed by atoms with Crippen LogP contribution in [0.3, 0.4) is 0 Å². The smallest absolute Gasteiger partial charge is 0.267 e. The second-order valence-corrected chi connectivity index (χ2v) is 8.77. The van der Waals surface area contributed by atoms with Gasteiger partial charge in [0.25, 0.3) is 5.91 Å². The highest BCUT2D eigenvalue weighted by molar-refractivity contribution is 6.30. The third-order valence-electron chi connectivity index (χ3n) is 5.45. The van der Waals surface area contributed by atoms with Gasteiger partial charge in [0.05, 0.1) is 6.54 Å². The van der Waals surface area contributed by atoms with Crippen molar-refractivity contribution in [1.29, 1.82) is 0 Å². The van der Waals surface area contributed by atoms with E-state index >= 15 is 0 Å². The fourth-order valence-electron chi connectivity index (χ4n) is 3.70. The van der Waals surface area contributed by atoms with Crippen molar-refractivity contribution < 1.29 is 14.3 Å². The first-order valence-corrected chi connectivity index (χ1v) is 10.9. The van der Waals surface area contributed by atoms with Crippen molar-refractivity contribution in [2.24, 2.45) is 0 Å². The van der Waals surface area contributed by atoms with Crippen molar-refractivity contribution in [3.8, 4) is 5.75 Å². The summed E-state index contributed by atoms with van der Waals surface area (Å²) in [6.45, 7) is 3.96. The summed E-state index contributed by atoms with van der Waals surface area (Å²) in [5, 5.41) is 3.55. The van der Waals surface area contributed by atoms with E-state index in [1.54, 1.807) is 38.1 Å². The molecule has 1 aliphatic rings. The molecule has 0 unspecified atom stereocenters. The van der Waals surface area contributed by atoms with Crippen molar-refractivity contribution in [2.45, 2.75) is 38.8 Å². The van der Waals surface area contributed by atoms with Crippen molar-refractivity contribution in [3.63, 3.8) is 0 Å². The lowest BCUT2D eigenvalue weighted by Crippen LogP contribution is -2.42. The van der Waals surface area contributed by atoms with Crippen LogP contribution in [0.5, 0.6) is 5.75 Å². The van der Waals surface area contributed by atoms with Gasteiger partial charge in [-0.25, -0.2) is 0 Å². The topological polar surface area (TPSA) is 58.6 Å². The van der Waals surface area contributed by atoms with Crippen molar-refractivity contribution in [2.75, 3.05) is 10.2 Å². The Hall–Kier alpha value is -3.31. The van der Waals surface area contributed by atoms with E-state index in [9.17, 15) is 9.59 Å². The number of nitrogens with zero attached hydrogens (tertiary/aromatic N) is 1. The molecule has 0 aromatic heterocycles. The number of hydrogen-bond donors (Lipinski definition) is 1. The summed E-state index contributed by atoms with van der Waals surface area (Å²) >= 11 is 5.92. The second-order valence-electron chi connectivity index (χ2n) is 8.33. The van der Waals surface area contributed by atoms with Crippen LogP contribution in [0.1, 0.15) is 31.4 Å². The van der Waals surface area contributed by atoms with E-state index in [2.05, 4.69) is 5.32 Å². The Bertz CT molecular complexity index is 1130. The number of carbonyl (C=O) groups is 2. The predicted molar refractivity (Wildman–Crippen MR) is 127 cm³/mol. The number of ether oxygens (including phenoxy) is 1. The number of halogens is 1. The van der Waals surface area contributed by atoms with Crippen LogP contribution in [0.25, 0.3) is 0 Å². The van der Waals surface area contributed by atoms with E-state index in [0.29, 0.717) is 35.8 Å². The van der Waals surface area contributed by atoms with Crippen LogP contribution < -0.4 is 15.0 Å². The van der Waals surface area contributed by atoms with Crippen LogP contribution in [-0.2, 0) is 22.6 Å². The van der Waals surface area contributed by atoms with Crippen LogP contribution in [0.15, 0.2) is 72.8 Å². The molecule has 2 amide bonds. The highest BCUT2D eigenvalue weighted by Crippen LogP contribution is 2.32. The third-order valence-corrected chi connectivity index (χ3v) is 5.71. The van der Waals surface area contributed by atoms with Gasteiger partial charge in [-0.3, -0.25) is 9.59 Å². The number of benzene rings is 3. The van der Waals surface area contributed by atoms with Crippen LogP contribution in [-0.4, -0.2) is 17.4 Å². The molecule has 32 heavy (non-hydrogen) atoms. The number of carbonyl (C=O) groups excluding carboxylic acids is 2. The standard InChI is InChI=1S/C26H25ClN2O3/c1-26(2,32-22-12-9-20(27)10-13-22)25(31)28-21-11-14-23-19(16-21)8-15-24(30)29(23)17-18-6-4-3-5-7-18/h3-7,9-14,16H,8,15,17H2,1-2H3,(H,28,31). The molecule has 1 N–H and O–H groups in total. The van der Waals surface area contributed by atoms with Gasteiger partial charge in [0, 0.05) is 22.8 Å². The van der Waals surface area contributed by atoms with Crippen LogP contribution in [0.4, 0.5) is 11.4 Å². The highest BCUT2D eigenvalue weighted by atomic mass is 35.5. The molecule has 1 heterocycles. The van der Waals surface area contributed by atoms with Crippen LogP contribution in [0.2, 0.25) is 5.02 Å². The van der Waals surface area contributed by atoms with E-state index in [1.165, 1.54) is 0 Å². The quantitative estimate of drug-likeness (QED) is 0.532. The summed E-state index contributed by atoms with van der Waals surface area (Å²) in [7, 11) is 0. The first kappa shape index (κ1) is 21.9. The number of rotatable bonds is 6. The molecule has 0 saturated carbocycles.